The van der Waals surface area contributed by atoms with E-state index in [4.69, 9.17) is 18.9 Å². The summed E-state index contributed by atoms with van der Waals surface area (Å²) in [7, 11) is -2.69. The van der Waals surface area contributed by atoms with E-state index in [2.05, 4.69) is 15.4 Å². The topological polar surface area (TPSA) is 186 Å². The van der Waals surface area contributed by atoms with Gasteiger partial charge in [0.25, 0.3) is 5.91 Å². The molecule has 4 heterocycles. The molecule has 0 radical (unpaired) electrons. The van der Waals surface area contributed by atoms with Gasteiger partial charge in [-0.3, -0.25) is 19.1 Å². The van der Waals surface area contributed by atoms with Crippen LogP contribution in [0.25, 0.3) is 33.3 Å². The smallest absolute Gasteiger partial charge is 0.407 e. The van der Waals surface area contributed by atoms with Crippen molar-refractivity contribution in [2.24, 2.45) is 5.92 Å². The van der Waals surface area contributed by atoms with E-state index in [1.54, 1.807) is 6.07 Å². The number of furan rings is 1. The number of aryl methyl sites for hydroxylation is 1. The summed E-state index contributed by atoms with van der Waals surface area (Å²) < 4.78 is 45.8. The maximum Gasteiger partial charge on any atom is 0.407 e. The molecule has 3 N–H and O–H groups in total. The molecule has 2 aromatic heterocycles. The molecule has 0 bridgehead atoms. The van der Waals surface area contributed by atoms with E-state index >= 15 is 0 Å². The van der Waals surface area contributed by atoms with Crippen LogP contribution < -0.4 is 20.1 Å². The number of carbonyl (C=O) groups excluding carboxylic acids is 4. The largest absolute Gasteiger partial charge is 0.484 e. The number of rotatable bonds is 7. The number of alkyl carbamates (subject to hydrolysis) is 1. The number of aromatic nitrogens is 1. The average Bonchev–Trinajstić information content (AvgIpc) is 4.08. The quantitative estimate of drug-likeness (QED) is 0.215. The molecule has 3 fully saturated rings. The van der Waals surface area contributed by atoms with Gasteiger partial charge < -0.3 is 29.4 Å². The van der Waals surface area contributed by atoms with Crippen molar-refractivity contribution in [2.45, 2.75) is 93.7 Å². The third kappa shape index (κ3) is 7.43. The molecule has 4 aromatic rings. The number of benzene rings is 2. The van der Waals surface area contributed by atoms with Crippen LogP contribution >= 0.6 is 0 Å². The van der Waals surface area contributed by atoms with Gasteiger partial charge >= 0.3 is 6.09 Å². The number of nitrogens with zero attached hydrogens (tertiary/aromatic N) is 2. The van der Waals surface area contributed by atoms with E-state index in [0.717, 1.165) is 29.4 Å². The number of hydrogen-bond donors (Lipinski definition) is 3. The van der Waals surface area contributed by atoms with Gasteiger partial charge in [-0.15, -0.1) is 0 Å². The maximum absolute atomic E-state index is 14.5. The first kappa shape index (κ1) is 37.5. The first-order chi connectivity index (χ1) is 27.0. The molecule has 294 valence electrons. The van der Waals surface area contributed by atoms with Crippen LogP contribution in [-0.2, 0) is 29.1 Å². The van der Waals surface area contributed by atoms with Crippen molar-refractivity contribution in [3.63, 3.8) is 0 Å². The third-order valence-corrected chi connectivity index (χ3v) is 13.1. The molecule has 0 unspecified atom stereocenters. The van der Waals surface area contributed by atoms with Crippen LogP contribution in [0, 0.1) is 12.8 Å². The van der Waals surface area contributed by atoms with E-state index in [-0.39, 0.29) is 19.4 Å². The van der Waals surface area contributed by atoms with Crippen molar-refractivity contribution in [1.82, 2.24) is 25.2 Å². The van der Waals surface area contributed by atoms with E-state index in [0.29, 0.717) is 60.2 Å². The van der Waals surface area contributed by atoms with Crippen LogP contribution in [0.2, 0.25) is 0 Å². The summed E-state index contributed by atoms with van der Waals surface area (Å²) in [4.78, 5) is 61.5. The summed E-state index contributed by atoms with van der Waals surface area (Å²) in [5.74, 6) is -1.98. The van der Waals surface area contributed by atoms with Crippen LogP contribution in [0.1, 0.15) is 63.4 Å². The highest BCUT2D eigenvalue weighted by Gasteiger charge is 2.62. The highest BCUT2D eigenvalue weighted by molar-refractivity contribution is 7.91. The van der Waals surface area contributed by atoms with Crippen molar-refractivity contribution in [1.29, 1.82) is 0 Å². The zero-order chi connectivity index (χ0) is 39.2. The second kappa shape index (κ2) is 14.9. The third-order valence-electron chi connectivity index (χ3n) is 11.3. The zero-order valence-corrected chi connectivity index (χ0v) is 32.1. The summed E-state index contributed by atoms with van der Waals surface area (Å²) >= 11 is 0. The van der Waals surface area contributed by atoms with Crippen LogP contribution in [0.15, 0.2) is 71.2 Å². The van der Waals surface area contributed by atoms with E-state index in [9.17, 15) is 27.6 Å². The van der Waals surface area contributed by atoms with Gasteiger partial charge in [0.15, 0.2) is 11.3 Å². The summed E-state index contributed by atoms with van der Waals surface area (Å²) in [5, 5.41) is 5.72. The van der Waals surface area contributed by atoms with Crippen molar-refractivity contribution in [3.05, 3.63) is 72.3 Å². The van der Waals surface area contributed by atoms with Gasteiger partial charge in [0.05, 0.1) is 24.6 Å². The maximum atomic E-state index is 14.5. The molecule has 2 aromatic carbocycles. The number of carbonyl (C=O) groups is 4. The number of pyridine rings is 1. The molecule has 2 aliphatic heterocycles. The van der Waals surface area contributed by atoms with E-state index < -0.39 is 68.7 Å². The molecule has 1 saturated heterocycles. The number of hydrogen-bond acceptors (Lipinski definition) is 10. The summed E-state index contributed by atoms with van der Waals surface area (Å²) in [6, 6.07) is 15.1. The minimum Gasteiger partial charge on any atom is -0.484 e. The van der Waals surface area contributed by atoms with Gasteiger partial charge in [-0.1, -0.05) is 67.0 Å². The second-order valence-electron chi connectivity index (χ2n) is 15.3. The SMILES string of the molecule is COC(=O)N[C@H]1CCCCC/C=C\[C@H]2C[C@@]2(C(=O)NS(=O)(=O)C2CC2)NC(=O)[C@@H]2C[C@@H](Oc3cc(-c4ccc(C)cc4)nc4c3oc3ccccc34)CN2C1=O. The highest BCUT2D eigenvalue weighted by atomic mass is 32.2. The van der Waals surface area contributed by atoms with Gasteiger partial charge in [0.2, 0.25) is 21.8 Å². The lowest BCUT2D eigenvalue weighted by Crippen LogP contribution is -2.58. The molecule has 4 aliphatic rings. The normalized spacial score (nSPS) is 26.3. The van der Waals surface area contributed by atoms with E-state index in [1.165, 1.54) is 12.0 Å². The van der Waals surface area contributed by atoms with Crippen LogP contribution in [0.5, 0.6) is 5.75 Å². The number of methoxy groups -OCH3 is 1. The van der Waals surface area contributed by atoms with Gasteiger partial charge in [-0.25, -0.2) is 18.2 Å². The molecule has 14 nitrogen and oxygen atoms in total. The Kier molecular flexibility index (Phi) is 9.97. The van der Waals surface area contributed by atoms with Crippen LogP contribution in [0.3, 0.4) is 0 Å². The lowest BCUT2D eigenvalue weighted by Gasteiger charge is -2.29. The highest BCUT2D eigenvalue weighted by Crippen LogP contribution is 2.46. The van der Waals surface area contributed by atoms with Crippen molar-refractivity contribution < 1.29 is 41.5 Å². The van der Waals surface area contributed by atoms with Gasteiger partial charge in [0, 0.05) is 29.4 Å². The molecule has 2 aliphatic carbocycles. The molecular formula is C41H45N5O9S. The molecule has 2 saturated carbocycles. The summed E-state index contributed by atoms with van der Waals surface area (Å²) in [6.07, 6.45) is 6.65. The Bertz CT molecular complexity index is 2340. The second-order valence-corrected chi connectivity index (χ2v) is 17.3. The van der Waals surface area contributed by atoms with E-state index in [1.807, 2.05) is 67.6 Å². The molecule has 5 atom stereocenters. The standard InChI is InChI=1S/C41H45N5O9S/c1-24-14-16-25(17-15-24)31-21-34(36-35(42-31)29-11-8-9-13-33(29)55-36)54-27-20-32-37(47)44-41(39(49)45-56(51,52)28-18-19-28)22-26(41)10-6-4-3-5-7-12-30(43-40(50)53-2)38(48)46(32)23-27/h6,8-11,13-17,21,26-28,30,32H,3-5,7,12,18-20,22-23H2,1-2H3,(H,43,50)(H,44,47)(H,45,49)/b10-6-/t26-,27+,30-,32-,41+/m0/s1. The first-order valence-electron chi connectivity index (χ1n) is 19.2. The van der Waals surface area contributed by atoms with Crippen molar-refractivity contribution >= 4 is 55.9 Å². The minimum atomic E-state index is -3.90. The average molecular weight is 784 g/mol. The molecule has 56 heavy (non-hydrogen) atoms. The first-order valence-corrected chi connectivity index (χ1v) is 20.8. The van der Waals surface area contributed by atoms with Gasteiger partial charge in [-0.2, -0.15) is 0 Å². The van der Waals surface area contributed by atoms with Crippen LogP contribution in [0.4, 0.5) is 4.79 Å². The molecule has 15 heteroatoms. The fourth-order valence-corrected chi connectivity index (χ4v) is 9.20. The number of sulfonamides is 1. The Hall–Kier alpha value is -5.44. The number of allylic oxidation sites excluding steroid dienone is 1. The van der Waals surface area contributed by atoms with Crippen LogP contribution in [-0.4, -0.2) is 84.7 Å². The molecule has 8 rings (SSSR count). The Labute approximate surface area is 324 Å². The van der Waals surface area contributed by atoms with Gasteiger partial charge in [0.1, 0.15) is 34.8 Å². The predicted octanol–water partition coefficient (Wildman–Crippen LogP) is 5.03. The van der Waals surface area contributed by atoms with Crippen molar-refractivity contribution in [2.75, 3.05) is 13.7 Å². The monoisotopic (exact) mass is 783 g/mol. The number of nitrogens with one attached hydrogen (secondary N) is 3. The number of para-hydroxylation sites is 1. The molecular weight excluding hydrogens is 739 g/mol. The fraction of sp³-hybridized carbons (Fsp3) is 0.439. The zero-order valence-electron chi connectivity index (χ0n) is 31.3. The van der Waals surface area contributed by atoms with Gasteiger partial charge in [-0.05, 0) is 57.6 Å². The lowest BCUT2D eigenvalue weighted by molar-refractivity contribution is -0.141. The van der Waals surface area contributed by atoms with Crippen molar-refractivity contribution in [3.8, 4) is 17.0 Å². The summed E-state index contributed by atoms with van der Waals surface area (Å²) in [6.45, 7) is 1.97. The Morgan fingerprint density at radius 1 is 1.04 bits per heavy atom. The number of amides is 4. The molecule has 4 amide bonds. The number of ether oxygens (including phenoxy) is 2. The molecule has 0 spiro atoms. The Morgan fingerprint density at radius 3 is 2.59 bits per heavy atom. The Balaban J connectivity index is 1.15. The Morgan fingerprint density at radius 2 is 1.82 bits per heavy atom. The summed E-state index contributed by atoms with van der Waals surface area (Å²) in [5.41, 5.74) is 2.71. The predicted molar refractivity (Wildman–Crippen MR) is 207 cm³/mol. The minimum absolute atomic E-state index is 0.0290. The lowest BCUT2D eigenvalue weighted by atomic mass is 10.1. The fourth-order valence-electron chi connectivity index (χ4n) is 7.84. The number of fused-ring (bicyclic) bond motifs is 5.